The predicted octanol–water partition coefficient (Wildman–Crippen LogP) is 22.6. The number of rotatable bonds is 21. The molecule has 17 aromatic rings. The van der Waals surface area contributed by atoms with Gasteiger partial charge in [0.15, 0.2) is 0 Å². The minimum atomic E-state index is -1.51. The minimum absolute atomic E-state index is 0.471. The SMILES string of the molecule is CCCCCCCCn1c2ccc(-c3ccc4c(c3)c3cc(-c5ccc6c(c5)c5cc(-n7c8ccccc8c8ccccc87)ccc5n6CCCCCCCC)ccc3n4-c3ccc(-c4ccc(B(O)O)cc4)cc3)cc2c2cc(-n3c4ccccc4c4ccccc43)ccc21. The molecule has 0 fully saturated rings. The molecule has 0 bridgehead atoms. The van der Waals surface area contributed by atoms with Gasteiger partial charge in [0.2, 0.25) is 0 Å². The molecule has 0 spiro atoms. The second-order valence-corrected chi connectivity index (χ2v) is 26.8. The average molecular weight is 1250 g/mol. The Morgan fingerprint density at radius 2 is 0.510 bits per heavy atom. The van der Waals surface area contributed by atoms with E-state index < -0.39 is 7.12 Å². The van der Waals surface area contributed by atoms with Crippen molar-refractivity contribution in [1.82, 2.24) is 22.8 Å². The van der Waals surface area contributed by atoms with E-state index in [0.29, 0.717) is 5.46 Å². The highest BCUT2D eigenvalue weighted by molar-refractivity contribution is 6.58. The molecular formula is C88H78BN5O2. The third-order valence-corrected chi connectivity index (χ3v) is 20.9. The molecule has 0 aliphatic rings. The smallest absolute Gasteiger partial charge is 0.423 e. The maximum atomic E-state index is 9.86. The van der Waals surface area contributed by atoms with Gasteiger partial charge in [-0.3, -0.25) is 0 Å². The minimum Gasteiger partial charge on any atom is -0.423 e. The van der Waals surface area contributed by atoms with Crippen molar-refractivity contribution in [3.05, 3.63) is 255 Å². The fraction of sp³-hybridized carbons (Fsp3) is 0.182. The van der Waals surface area contributed by atoms with Gasteiger partial charge in [0.25, 0.3) is 0 Å². The number of aryl methyl sites for hydroxylation is 2. The highest BCUT2D eigenvalue weighted by atomic mass is 16.4. The van der Waals surface area contributed by atoms with Crippen LogP contribution in [0.25, 0.3) is 159 Å². The Kier molecular flexibility index (Phi) is 15.5. The summed E-state index contributed by atoms with van der Waals surface area (Å²) in [5.74, 6) is 0. The highest BCUT2D eigenvalue weighted by Gasteiger charge is 2.22. The van der Waals surface area contributed by atoms with Crippen LogP contribution in [0.5, 0.6) is 0 Å². The number of nitrogens with zero attached hydrogens (tertiary/aromatic N) is 5. The van der Waals surface area contributed by atoms with E-state index >= 15 is 0 Å². The second-order valence-electron chi connectivity index (χ2n) is 26.8. The van der Waals surface area contributed by atoms with Crippen molar-refractivity contribution >= 4 is 122 Å². The number of unbranched alkanes of at least 4 members (excludes halogenated alkanes) is 10. The lowest BCUT2D eigenvalue weighted by atomic mass is 9.80. The van der Waals surface area contributed by atoms with E-state index in [-0.39, 0.29) is 0 Å². The lowest BCUT2D eigenvalue weighted by molar-refractivity contribution is 0.426. The predicted molar refractivity (Wildman–Crippen MR) is 408 cm³/mol. The van der Waals surface area contributed by atoms with E-state index in [9.17, 15) is 10.0 Å². The van der Waals surface area contributed by atoms with Crippen LogP contribution in [0.3, 0.4) is 0 Å². The van der Waals surface area contributed by atoms with Crippen LogP contribution < -0.4 is 5.46 Å². The normalized spacial score (nSPS) is 12.1. The molecule has 5 aromatic heterocycles. The van der Waals surface area contributed by atoms with E-state index in [0.717, 1.165) is 53.8 Å². The Hall–Kier alpha value is -10.4. The molecule has 2 N–H and O–H groups in total. The van der Waals surface area contributed by atoms with Gasteiger partial charge in [0, 0.05) is 106 Å². The zero-order valence-electron chi connectivity index (χ0n) is 54.9. The summed E-state index contributed by atoms with van der Waals surface area (Å²) in [5.41, 5.74) is 22.9. The standard InChI is InChI=1S/C88H78BN5O2/c1-3-5-7-9-11-21-51-90-79-45-35-61(53-73(79)77-57-67(43-49-81(77)90)93-83-27-17-13-23-69(83)70-24-14-18-28-84(70)93)63-37-47-87-75(55-63)76-56-64(38-48-88(76)92(87)66-41-33-60(34-42-66)59-31-39-65(40-32-59)89(95)96)62-36-46-80-74(54-62)78-58-68(44-50-82(78)91(80)52-22-12-10-8-6-4-2)94-85-29-19-15-25-71(85)72-26-16-20-30-86(72)94/h13-20,23-50,53-58,95-96H,3-12,21-22,51-52H2,1-2H3. The van der Waals surface area contributed by atoms with E-state index in [1.165, 1.54) is 196 Å². The van der Waals surface area contributed by atoms with Gasteiger partial charge in [-0.05, 0) is 173 Å². The molecule has 12 aromatic carbocycles. The van der Waals surface area contributed by atoms with Crippen molar-refractivity contribution in [2.24, 2.45) is 0 Å². The van der Waals surface area contributed by atoms with Gasteiger partial charge in [0.05, 0.1) is 33.1 Å². The number of aromatic nitrogens is 5. The number of hydrogen-bond acceptors (Lipinski definition) is 2. The van der Waals surface area contributed by atoms with E-state index in [2.05, 4.69) is 267 Å². The third kappa shape index (κ3) is 10.3. The zero-order chi connectivity index (χ0) is 64.4. The van der Waals surface area contributed by atoms with Crippen LogP contribution in [-0.2, 0) is 13.1 Å². The third-order valence-electron chi connectivity index (χ3n) is 20.9. The first-order valence-electron chi connectivity index (χ1n) is 35.1. The summed E-state index contributed by atoms with van der Waals surface area (Å²) in [6.45, 7) is 6.55. The molecule has 0 saturated carbocycles. The molecule has 7 nitrogen and oxygen atoms in total. The number of hydrogen-bond donors (Lipinski definition) is 2. The summed E-state index contributed by atoms with van der Waals surface area (Å²) >= 11 is 0. The van der Waals surface area contributed by atoms with Gasteiger partial charge >= 0.3 is 7.12 Å². The van der Waals surface area contributed by atoms with Crippen LogP contribution in [0.15, 0.2) is 255 Å². The second kappa shape index (κ2) is 25.1. The maximum Gasteiger partial charge on any atom is 0.488 e. The molecule has 5 heterocycles. The average Bonchev–Trinajstić information content (AvgIpc) is 1.59. The van der Waals surface area contributed by atoms with Crippen LogP contribution in [0.4, 0.5) is 0 Å². The first kappa shape index (κ1) is 59.4. The van der Waals surface area contributed by atoms with Gasteiger partial charge in [-0.15, -0.1) is 0 Å². The number of fused-ring (bicyclic) bond motifs is 15. The molecule has 96 heavy (non-hydrogen) atoms. The lowest BCUT2D eigenvalue weighted by Gasteiger charge is -2.11. The van der Waals surface area contributed by atoms with Gasteiger partial charge in [-0.2, -0.15) is 0 Å². The molecule has 470 valence electrons. The fourth-order valence-electron chi connectivity index (χ4n) is 16.1. The van der Waals surface area contributed by atoms with Crippen molar-refractivity contribution in [2.75, 3.05) is 0 Å². The Bertz CT molecular complexity index is 5380. The van der Waals surface area contributed by atoms with E-state index in [4.69, 9.17) is 0 Å². The monoisotopic (exact) mass is 1250 g/mol. The summed E-state index contributed by atoms with van der Waals surface area (Å²) in [6, 6.07) is 94.6. The Balaban J connectivity index is 0.818. The van der Waals surface area contributed by atoms with Crippen molar-refractivity contribution in [1.29, 1.82) is 0 Å². The fourth-order valence-corrected chi connectivity index (χ4v) is 16.1. The molecule has 0 aliphatic carbocycles. The van der Waals surface area contributed by atoms with Crippen molar-refractivity contribution in [3.8, 4) is 50.4 Å². The van der Waals surface area contributed by atoms with Crippen LogP contribution in [0.1, 0.15) is 90.9 Å². The summed E-state index contributed by atoms with van der Waals surface area (Å²) < 4.78 is 12.5. The number of benzene rings is 12. The Morgan fingerprint density at radius 1 is 0.240 bits per heavy atom. The summed E-state index contributed by atoms with van der Waals surface area (Å²) in [4.78, 5) is 0. The molecule has 0 unspecified atom stereocenters. The molecule has 0 amide bonds. The molecule has 0 saturated heterocycles. The topological polar surface area (TPSA) is 65.1 Å². The largest absolute Gasteiger partial charge is 0.488 e. The van der Waals surface area contributed by atoms with Crippen molar-refractivity contribution < 1.29 is 10.0 Å². The Labute approximate surface area is 560 Å². The molecule has 17 rings (SSSR count). The molecule has 0 radical (unpaired) electrons. The van der Waals surface area contributed by atoms with Crippen LogP contribution in [0.2, 0.25) is 0 Å². The highest BCUT2D eigenvalue weighted by Crippen LogP contribution is 2.43. The van der Waals surface area contributed by atoms with Gasteiger partial charge < -0.3 is 32.9 Å². The lowest BCUT2D eigenvalue weighted by Crippen LogP contribution is -2.29. The first-order chi connectivity index (χ1) is 47.4. The van der Waals surface area contributed by atoms with Crippen LogP contribution in [-0.4, -0.2) is 40.0 Å². The van der Waals surface area contributed by atoms with Gasteiger partial charge in [0.1, 0.15) is 0 Å². The maximum absolute atomic E-state index is 9.86. The van der Waals surface area contributed by atoms with Gasteiger partial charge in [-0.25, -0.2) is 0 Å². The molecular weight excluding hydrogens is 1170 g/mol. The van der Waals surface area contributed by atoms with Crippen LogP contribution >= 0.6 is 0 Å². The summed E-state index contributed by atoms with van der Waals surface area (Å²) in [7, 11) is -1.51. The molecule has 8 heteroatoms. The Morgan fingerprint density at radius 3 is 0.885 bits per heavy atom. The first-order valence-corrected chi connectivity index (χ1v) is 35.1. The zero-order valence-corrected chi connectivity index (χ0v) is 54.9. The molecule has 0 aliphatic heterocycles. The van der Waals surface area contributed by atoms with Crippen LogP contribution in [0, 0.1) is 0 Å². The number of para-hydroxylation sites is 4. The van der Waals surface area contributed by atoms with Gasteiger partial charge in [-0.1, -0.05) is 212 Å². The van der Waals surface area contributed by atoms with E-state index in [1.54, 1.807) is 12.1 Å². The van der Waals surface area contributed by atoms with E-state index in [1.807, 2.05) is 12.1 Å². The molecule has 0 atom stereocenters. The summed E-state index contributed by atoms with van der Waals surface area (Å²) in [5, 5.41) is 32.3. The summed E-state index contributed by atoms with van der Waals surface area (Å²) in [6.07, 6.45) is 15.0. The van der Waals surface area contributed by atoms with Crippen molar-refractivity contribution in [2.45, 2.75) is 104 Å². The quantitative estimate of drug-likeness (QED) is 0.0556. The van der Waals surface area contributed by atoms with Crippen molar-refractivity contribution in [3.63, 3.8) is 0 Å².